The number of alkyl carbamates (subject to hydrolysis) is 1. The van der Waals surface area contributed by atoms with Crippen LogP contribution in [0.5, 0.6) is 0 Å². The molecule has 8 heteroatoms. The van der Waals surface area contributed by atoms with E-state index in [0.29, 0.717) is 24.0 Å². The molecule has 1 aromatic heterocycles. The molecule has 192 valence electrons. The van der Waals surface area contributed by atoms with Crippen molar-refractivity contribution in [3.63, 3.8) is 0 Å². The number of nitrogens with zero attached hydrogens (tertiary/aromatic N) is 3. The molecule has 0 radical (unpaired) electrons. The molecular weight excluding hydrogens is 456 g/mol. The number of hydrogen-bond acceptors (Lipinski definition) is 6. The number of benzene rings is 2. The molecule has 0 fully saturated rings. The van der Waals surface area contributed by atoms with Gasteiger partial charge >= 0.3 is 6.09 Å². The van der Waals surface area contributed by atoms with Crippen LogP contribution in [0.4, 0.5) is 4.79 Å². The standard InChI is InChI=1S/C28H36N4O4/c1-19(2)17-32(26(34)24-16-29-21-13-9-10-14-22(21)30-24)18-25(33)23(15-20-11-7-6-8-12-20)31-27(35)36-28(3,4)5/h6-14,16,19,23,25,33H,15,17-18H2,1-5H3,(H,31,35)/t23-,25+/m0/s1. The fraction of sp³-hybridized carbons (Fsp3) is 0.429. The van der Waals surface area contributed by atoms with Gasteiger partial charge in [0.1, 0.15) is 11.3 Å². The third kappa shape index (κ3) is 8.02. The summed E-state index contributed by atoms with van der Waals surface area (Å²) >= 11 is 0. The van der Waals surface area contributed by atoms with Crippen LogP contribution in [0.3, 0.4) is 0 Å². The Kier molecular flexibility index (Phi) is 8.98. The van der Waals surface area contributed by atoms with E-state index in [9.17, 15) is 14.7 Å². The smallest absolute Gasteiger partial charge is 0.407 e. The number of aliphatic hydroxyl groups excluding tert-OH is 1. The minimum Gasteiger partial charge on any atom is -0.444 e. The first kappa shape index (κ1) is 27.1. The first-order chi connectivity index (χ1) is 17.0. The minimum atomic E-state index is -1.05. The Balaban J connectivity index is 1.82. The van der Waals surface area contributed by atoms with E-state index >= 15 is 0 Å². The highest BCUT2D eigenvalue weighted by Gasteiger charge is 2.29. The molecular formula is C28H36N4O4. The molecule has 1 heterocycles. The summed E-state index contributed by atoms with van der Waals surface area (Å²) < 4.78 is 5.42. The maximum absolute atomic E-state index is 13.5. The Hall–Kier alpha value is -3.52. The van der Waals surface area contributed by atoms with Crippen LogP contribution in [0, 0.1) is 5.92 Å². The monoisotopic (exact) mass is 492 g/mol. The normalized spacial score (nSPS) is 13.3. The van der Waals surface area contributed by atoms with Crippen LogP contribution in [-0.4, -0.2) is 62.8 Å². The van der Waals surface area contributed by atoms with Crippen molar-refractivity contribution in [2.75, 3.05) is 13.1 Å². The summed E-state index contributed by atoms with van der Waals surface area (Å²) in [4.78, 5) is 36.4. The number of nitrogens with one attached hydrogen (secondary N) is 1. The van der Waals surface area contributed by atoms with Crippen molar-refractivity contribution in [3.8, 4) is 0 Å². The van der Waals surface area contributed by atoms with E-state index in [2.05, 4.69) is 15.3 Å². The maximum Gasteiger partial charge on any atom is 0.407 e. The van der Waals surface area contributed by atoms with Crippen molar-refractivity contribution in [1.29, 1.82) is 0 Å². The molecule has 2 aromatic carbocycles. The van der Waals surface area contributed by atoms with Crippen LogP contribution >= 0.6 is 0 Å². The van der Waals surface area contributed by atoms with Crippen molar-refractivity contribution >= 4 is 23.0 Å². The van der Waals surface area contributed by atoms with E-state index in [-0.39, 0.29) is 24.1 Å². The number of hydrogen-bond donors (Lipinski definition) is 2. The largest absolute Gasteiger partial charge is 0.444 e. The van der Waals surface area contributed by atoms with Crippen molar-refractivity contribution in [2.45, 2.75) is 58.8 Å². The second kappa shape index (κ2) is 11.9. The van der Waals surface area contributed by atoms with Gasteiger partial charge in [-0.2, -0.15) is 0 Å². The molecule has 2 amide bonds. The predicted octanol–water partition coefficient (Wildman–Crippen LogP) is 4.22. The fourth-order valence-corrected chi connectivity index (χ4v) is 3.87. The fourth-order valence-electron chi connectivity index (χ4n) is 3.87. The van der Waals surface area contributed by atoms with E-state index in [4.69, 9.17) is 4.74 Å². The van der Waals surface area contributed by atoms with Gasteiger partial charge in [0.15, 0.2) is 0 Å². The highest BCUT2D eigenvalue weighted by molar-refractivity contribution is 5.93. The summed E-state index contributed by atoms with van der Waals surface area (Å²) in [5.41, 5.74) is 1.80. The highest BCUT2D eigenvalue weighted by atomic mass is 16.6. The van der Waals surface area contributed by atoms with Crippen LogP contribution in [0.25, 0.3) is 11.0 Å². The summed E-state index contributed by atoms with van der Waals surface area (Å²) in [5.74, 6) is -0.169. The quantitative estimate of drug-likeness (QED) is 0.463. The Labute approximate surface area is 212 Å². The first-order valence-corrected chi connectivity index (χ1v) is 12.2. The molecule has 3 rings (SSSR count). The Morgan fingerprint density at radius 2 is 1.64 bits per heavy atom. The zero-order valence-electron chi connectivity index (χ0n) is 21.6. The molecule has 0 saturated carbocycles. The summed E-state index contributed by atoms with van der Waals surface area (Å²) in [7, 11) is 0. The zero-order valence-corrected chi connectivity index (χ0v) is 21.6. The van der Waals surface area contributed by atoms with Gasteiger partial charge in [0, 0.05) is 13.1 Å². The van der Waals surface area contributed by atoms with Gasteiger partial charge in [-0.05, 0) is 50.8 Å². The molecule has 0 aliphatic carbocycles. The lowest BCUT2D eigenvalue weighted by Gasteiger charge is -2.31. The number of aliphatic hydroxyl groups is 1. The number of para-hydroxylation sites is 2. The second-order valence-corrected chi connectivity index (χ2v) is 10.4. The van der Waals surface area contributed by atoms with Crippen LogP contribution in [0.15, 0.2) is 60.8 Å². The number of carbonyl (C=O) groups is 2. The zero-order chi connectivity index (χ0) is 26.3. The average molecular weight is 493 g/mol. The molecule has 3 aromatic rings. The Bertz CT molecular complexity index is 1160. The van der Waals surface area contributed by atoms with Gasteiger partial charge in [-0.25, -0.2) is 9.78 Å². The number of fused-ring (bicyclic) bond motifs is 1. The summed E-state index contributed by atoms with van der Waals surface area (Å²) in [6.07, 6.45) is 0.171. The van der Waals surface area contributed by atoms with Gasteiger partial charge in [0.05, 0.1) is 29.4 Å². The number of ether oxygens (including phenoxy) is 1. The number of carbonyl (C=O) groups excluding carboxylic acids is 2. The van der Waals surface area contributed by atoms with Crippen molar-refractivity contribution in [1.82, 2.24) is 20.2 Å². The van der Waals surface area contributed by atoms with Crippen molar-refractivity contribution < 1.29 is 19.4 Å². The van der Waals surface area contributed by atoms with E-state index < -0.39 is 23.8 Å². The lowest BCUT2D eigenvalue weighted by atomic mass is 10.0. The molecule has 36 heavy (non-hydrogen) atoms. The summed E-state index contributed by atoms with van der Waals surface area (Å²) in [5, 5.41) is 14.1. The van der Waals surface area contributed by atoms with Gasteiger partial charge < -0.3 is 20.1 Å². The van der Waals surface area contributed by atoms with E-state index in [0.717, 1.165) is 5.56 Å². The Morgan fingerprint density at radius 3 is 2.28 bits per heavy atom. The van der Waals surface area contributed by atoms with Gasteiger partial charge in [-0.15, -0.1) is 0 Å². The van der Waals surface area contributed by atoms with Crippen LogP contribution in [0.1, 0.15) is 50.7 Å². The Morgan fingerprint density at radius 1 is 1.00 bits per heavy atom. The van der Waals surface area contributed by atoms with Gasteiger partial charge in [0.2, 0.25) is 0 Å². The van der Waals surface area contributed by atoms with Crippen molar-refractivity contribution in [2.24, 2.45) is 5.92 Å². The molecule has 0 saturated heterocycles. The molecule has 2 atom stereocenters. The molecule has 0 aliphatic heterocycles. The SMILES string of the molecule is CC(C)CN(C[C@@H](O)[C@H](Cc1ccccc1)NC(=O)OC(C)(C)C)C(=O)c1cnc2ccccc2n1. The average Bonchev–Trinajstić information content (AvgIpc) is 2.81. The molecule has 0 aliphatic rings. The number of aromatic nitrogens is 2. The number of rotatable bonds is 9. The molecule has 2 N–H and O–H groups in total. The van der Waals surface area contributed by atoms with E-state index in [1.165, 1.54) is 6.20 Å². The molecule has 0 bridgehead atoms. The lowest BCUT2D eigenvalue weighted by molar-refractivity contribution is 0.0339. The minimum absolute atomic E-state index is 0.0127. The van der Waals surface area contributed by atoms with Crippen LogP contribution < -0.4 is 5.32 Å². The second-order valence-electron chi connectivity index (χ2n) is 10.4. The molecule has 0 spiro atoms. The number of amides is 2. The van der Waals surface area contributed by atoms with Crippen LogP contribution in [0.2, 0.25) is 0 Å². The topological polar surface area (TPSA) is 105 Å². The summed E-state index contributed by atoms with van der Waals surface area (Å²) in [6.45, 7) is 9.76. The third-order valence-electron chi connectivity index (χ3n) is 5.41. The third-order valence-corrected chi connectivity index (χ3v) is 5.41. The van der Waals surface area contributed by atoms with Gasteiger partial charge in [-0.3, -0.25) is 9.78 Å². The molecule has 0 unspecified atom stereocenters. The predicted molar refractivity (Wildman–Crippen MR) is 140 cm³/mol. The van der Waals surface area contributed by atoms with Gasteiger partial charge in [-0.1, -0.05) is 56.3 Å². The maximum atomic E-state index is 13.5. The highest BCUT2D eigenvalue weighted by Crippen LogP contribution is 2.15. The lowest BCUT2D eigenvalue weighted by Crippen LogP contribution is -2.52. The van der Waals surface area contributed by atoms with Gasteiger partial charge in [0.25, 0.3) is 5.91 Å². The molecule has 8 nitrogen and oxygen atoms in total. The van der Waals surface area contributed by atoms with E-state index in [1.54, 1.807) is 31.7 Å². The van der Waals surface area contributed by atoms with E-state index in [1.807, 2.05) is 62.4 Å². The first-order valence-electron chi connectivity index (χ1n) is 12.2. The van der Waals surface area contributed by atoms with Crippen LogP contribution in [-0.2, 0) is 11.2 Å². The van der Waals surface area contributed by atoms with Crippen molar-refractivity contribution in [3.05, 3.63) is 72.1 Å². The summed E-state index contributed by atoms with van der Waals surface area (Å²) in [6, 6.07) is 16.2.